The van der Waals surface area contributed by atoms with Gasteiger partial charge in [0.1, 0.15) is 11.5 Å². The third-order valence-corrected chi connectivity index (χ3v) is 3.94. The van der Waals surface area contributed by atoms with Crippen molar-refractivity contribution in [1.82, 2.24) is 14.5 Å². The minimum atomic E-state index is 0.657. The van der Waals surface area contributed by atoms with Gasteiger partial charge in [0.25, 0.3) is 0 Å². The van der Waals surface area contributed by atoms with Crippen LogP contribution in [-0.4, -0.2) is 14.5 Å². The minimum Gasteiger partial charge on any atom is -0.457 e. The van der Waals surface area contributed by atoms with Crippen molar-refractivity contribution in [1.29, 1.82) is 0 Å². The highest BCUT2D eigenvalue weighted by molar-refractivity contribution is 6.30. The zero-order valence-electron chi connectivity index (χ0n) is 13.2. The van der Waals surface area contributed by atoms with Crippen LogP contribution in [0, 0.1) is 0 Å². The van der Waals surface area contributed by atoms with Gasteiger partial charge in [-0.2, -0.15) is 0 Å². The summed E-state index contributed by atoms with van der Waals surface area (Å²) < 4.78 is 7.94. The number of benzene rings is 2. The van der Waals surface area contributed by atoms with Gasteiger partial charge >= 0.3 is 0 Å². The fourth-order valence-electron chi connectivity index (χ4n) is 2.54. The topological polar surface area (TPSA) is 39.9 Å². The number of ether oxygens (including phenoxy) is 1. The number of aromatic nitrogens is 3. The maximum atomic E-state index is 6.05. The molecule has 2 aromatic carbocycles. The number of hydrogen-bond acceptors (Lipinski definition) is 3. The molecule has 0 aliphatic carbocycles. The average molecular weight is 348 g/mol. The lowest BCUT2D eigenvalue weighted by Gasteiger charge is -2.09. The molecule has 0 fully saturated rings. The van der Waals surface area contributed by atoms with Crippen LogP contribution in [0.2, 0.25) is 5.02 Å². The van der Waals surface area contributed by atoms with E-state index in [2.05, 4.69) is 9.97 Å². The third-order valence-electron chi connectivity index (χ3n) is 3.71. The Hall–Kier alpha value is -3.11. The number of halogens is 1. The zero-order valence-corrected chi connectivity index (χ0v) is 14.0. The Bertz CT molecular complexity index is 999. The van der Waals surface area contributed by atoms with Crippen molar-refractivity contribution < 1.29 is 4.74 Å². The second kappa shape index (κ2) is 6.79. The lowest BCUT2D eigenvalue weighted by Crippen LogP contribution is -1.91. The van der Waals surface area contributed by atoms with E-state index < -0.39 is 0 Å². The molecule has 0 saturated heterocycles. The summed E-state index contributed by atoms with van der Waals surface area (Å²) in [5.41, 5.74) is 2.75. The van der Waals surface area contributed by atoms with Crippen LogP contribution in [0.5, 0.6) is 11.5 Å². The first-order valence-corrected chi connectivity index (χ1v) is 8.14. The Morgan fingerprint density at radius 1 is 0.880 bits per heavy atom. The van der Waals surface area contributed by atoms with E-state index in [9.17, 15) is 0 Å². The van der Waals surface area contributed by atoms with Gasteiger partial charge in [-0.25, -0.2) is 4.98 Å². The molecule has 0 spiro atoms. The SMILES string of the molecule is Clc1ccnc(-c2cccc(Oc3cccc(-n4ccnc4)c3)c2)c1. The molecule has 122 valence electrons. The molecule has 25 heavy (non-hydrogen) atoms. The summed E-state index contributed by atoms with van der Waals surface area (Å²) in [4.78, 5) is 8.42. The van der Waals surface area contributed by atoms with Crippen molar-refractivity contribution in [2.75, 3.05) is 0 Å². The number of hydrogen-bond donors (Lipinski definition) is 0. The van der Waals surface area contributed by atoms with Crippen LogP contribution in [0.15, 0.2) is 85.6 Å². The quantitative estimate of drug-likeness (QED) is 0.497. The summed E-state index contributed by atoms with van der Waals surface area (Å²) >= 11 is 6.05. The molecule has 2 aromatic heterocycles. The van der Waals surface area contributed by atoms with E-state index in [1.54, 1.807) is 24.8 Å². The molecule has 0 saturated carbocycles. The first kappa shape index (κ1) is 15.4. The smallest absolute Gasteiger partial charge is 0.129 e. The lowest BCUT2D eigenvalue weighted by atomic mass is 10.1. The highest BCUT2D eigenvalue weighted by Crippen LogP contribution is 2.28. The van der Waals surface area contributed by atoms with Gasteiger partial charge in [0.05, 0.1) is 17.7 Å². The summed E-state index contributed by atoms with van der Waals surface area (Å²) in [7, 11) is 0. The van der Waals surface area contributed by atoms with Gasteiger partial charge in [-0.3, -0.25) is 4.98 Å². The Morgan fingerprint density at radius 2 is 1.72 bits per heavy atom. The van der Waals surface area contributed by atoms with Crippen LogP contribution in [0.4, 0.5) is 0 Å². The van der Waals surface area contributed by atoms with Gasteiger partial charge < -0.3 is 9.30 Å². The van der Waals surface area contributed by atoms with Crippen LogP contribution in [0.25, 0.3) is 16.9 Å². The maximum Gasteiger partial charge on any atom is 0.129 e. The van der Waals surface area contributed by atoms with Crippen LogP contribution >= 0.6 is 11.6 Å². The predicted molar refractivity (Wildman–Crippen MR) is 98.3 cm³/mol. The fraction of sp³-hybridized carbons (Fsp3) is 0. The van der Waals surface area contributed by atoms with Gasteiger partial charge in [0.2, 0.25) is 0 Å². The molecule has 4 rings (SSSR count). The molecule has 5 heteroatoms. The van der Waals surface area contributed by atoms with Crippen molar-refractivity contribution >= 4 is 11.6 Å². The van der Waals surface area contributed by atoms with E-state index in [-0.39, 0.29) is 0 Å². The number of nitrogens with zero attached hydrogens (tertiary/aromatic N) is 3. The predicted octanol–water partition coefficient (Wildman–Crippen LogP) is 5.38. The molecule has 0 aliphatic heterocycles. The molecule has 0 radical (unpaired) electrons. The summed E-state index contributed by atoms with van der Waals surface area (Å²) in [6.07, 6.45) is 7.09. The standard InChI is InChI=1S/C20H14ClN3O/c21-16-7-8-23-20(12-16)15-3-1-5-18(11-15)25-19-6-2-4-17(13-19)24-10-9-22-14-24/h1-14H. The van der Waals surface area contributed by atoms with Crippen molar-refractivity contribution in [3.8, 4) is 28.4 Å². The molecule has 4 aromatic rings. The van der Waals surface area contributed by atoms with Crippen molar-refractivity contribution in [2.45, 2.75) is 0 Å². The van der Waals surface area contributed by atoms with Crippen LogP contribution in [0.3, 0.4) is 0 Å². The van der Waals surface area contributed by atoms with Crippen LogP contribution in [-0.2, 0) is 0 Å². The van der Waals surface area contributed by atoms with E-state index >= 15 is 0 Å². The molecule has 0 amide bonds. The zero-order chi connectivity index (χ0) is 17.1. The first-order valence-electron chi connectivity index (χ1n) is 7.76. The first-order chi connectivity index (χ1) is 12.3. The van der Waals surface area contributed by atoms with E-state index in [4.69, 9.17) is 16.3 Å². The van der Waals surface area contributed by atoms with Gasteiger partial charge in [-0.1, -0.05) is 29.8 Å². The molecule has 4 nitrogen and oxygen atoms in total. The lowest BCUT2D eigenvalue weighted by molar-refractivity contribution is 0.482. The molecule has 0 unspecified atom stereocenters. The molecule has 0 N–H and O–H groups in total. The Balaban J connectivity index is 1.61. The molecule has 0 bridgehead atoms. The van der Waals surface area contributed by atoms with Gasteiger partial charge in [0, 0.05) is 35.2 Å². The average Bonchev–Trinajstić information content (AvgIpc) is 3.17. The molecule has 2 heterocycles. The highest BCUT2D eigenvalue weighted by Gasteiger charge is 2.04. The van der Waals surface area contributed by atoms with Crippen LogP contribution < -0.4 is 4.74 Å². The van der Waals surface area contributed by atoms with E-state index in [1.165, 1.54) is 0 Å². The van der Waals surface area contributed by atoms with Gasteiger partial charge in [-0.15, -0.1) is 0 Å². The Kier molecular flexibility index (Phi) is 4.19. The highest BCUT2D eigenvalue weighted by atomic mass is 35.5. The minimum absolute atomic E-state index is 0.657. The van der Waals surface area contributed by atoms with Crippen molar-refractivity contribution in [2.24, 2.45) is 0 Å². The summed E-state index contributed by atoms with van der Waals surface area (Å²) in [6, 6.07) is 19.2. The summed E-state index contributed by atoms with van der Waals surface area (Å²) in [5.74, 6) is 1.49. The van der Waals surface area contributed by atoms with Gasteiger partial charge in [-0.05, 0) is 36.4 Å². The number of rotatable bonds is 4. The summed E-state index contributed by atoms with van der Waals surface area (Å²) in [6.45, 7) is 0. The van der Waals surface area contributed by atoms with Crippen molar-refractivity contribution in [3.63, 3.8) is 0 Å². The summed E-state index contributed by atoms with van der Waals surface area (Å²) in [5, 5.41) is 0.657. The van der Waals surface area contributed by atoms with Gasteiger partial charge in [0.15, 0.2) is 0 Å². The Morgan fingerprint density at radius 3 is 2.52 bits per heavy atom. The monoisotopic (exact) mass is 347 g/mol. The second-order valence-electron chi connectivity index (χ2n) is 5.46. The molecule has 0 aliphatic rings. The maximum absolute atomic E-state index is 6.05. The number of imidazole rings is 1. The molecule has 0 atom stereocenters. The van der Waals surface area contributed by atoms with Crippen LogP contribution in [0.1, 0.15) is 0 Å². The van der Waals surface area contributed by atoms with E-state index in [0.29, 0.717) is 5.02 Å². The normalized spacial score (nSPS) is 10.6. The van der Waals surface area contributed by atoms with Crippen molar-refractivity contribution in [3.05, 3.63) is 90.6 Å². The Labute approximate surface area is 150 Å². The van der Waals surface area contributed by atoms with E-state index in [0.717, 1.165) is 28.4 Å². The number of pyridine rings is 1. The second-order valence-corrected chi connectivity index (χ2v) is 5.89. The molecular weight excluding hydrogens is 334 g/mol. The fourth-order valence-corrected chi connectivity index (χ4v) is 2.70. The third kappa shape index (κ3) is 3.54. The molecular formula is C20H14ClN3O. The van der Waals surface area contributed by atoms with E-state index in [1.807, 2.05) is 65.4 Å². The largest absolute Gasteiger partial charge is 0.457 e.